The van der Waals surface area contributed by atoms with E-state index < -0.39 is 10.8 Å². The molecule has 1 amide bonds. The van der Waals surface area contributed by atoms with Crippen LogP contribution in [0.25, 0.3) is 10.9 Å². The van der Waals surface area contributed by atoms with Crippen LogP contribution < -0.4 is 11.0 Å². The number of nitrogens with zero attached hydrogens (tertiary/aromatic N) is 4. The number of nitro benzene ring substituents is 1. The number of nitro groups is 1. The van der Waals surface area contributed by atoms with Crippen LogP contribution in [-0.2, 0) is 11.3 Å². The van der Waals surface area contributed by atoms with Crippen molar-refractivity contribution in [3.63, 3.8) is 0 Å². The zero-order valence-electron chi connectivity index (χ0n) is 13.4. The summed E-state index contributed by atoms with van der Waals surface area (Å²) in [6.45, 7) is -0.273. The minimum Gasteiger partial charge on any atom is -0.289 e. The average Bonchev–Trinajstić information content (AvgIpc) is 2.64. The number of benzene rings is 2. The third kappa shape index (κ3) is 3.61. The summed E-state index contributed by atoms with van der Waals surface area (Å²) < 4.78 is 1.16. The molecule has 0 saturated heterocycles. The second kappa shape index (κ2) is 7.34. The molecule has 3 aromatic rings. The average molecular weight is 351 g/mol. The molecule has 1 aromatic heterocycles. The van der Waals surface area contributed by atoms with E-state index in [1.807, 2.05) is 0 Å². The highest BCUT2D eigenvalue weighted by molar-refractivity contribution is 5.86. The molecule has 26 heavy (non-hydrogen) atoms. The first-order valence-corrected chi connectivity index (χ1v) is 7.56. The van der Waals surface area contributed by atoms with Crippen LogP contribution in [0.1, 0.15) is 5.56 Å². The number of rotatable bonds is 5. The summed E-state index contributed by atoms with van der Waals surface area (Å²) in [6, 6.07) is 12.8. The maximum atomic E-state index is 12.3. The molecule has 0 unspecified atom stereocenters. The maximum Gasteiger partial charge on any atom is 0.278 e. The van der Waals surface area contributed by atoms with E-state index >= 15 is 0 Å². The highest BCUT2D eigenvalue weighted by Crippen LogP contribution is 2.14. The summed E-state index contributed by atoms with van der Waals surface area (Å²) in [5.41, 5.74) is 2.57. The molecular formula is C17H13N5O4. The number of para-hydroxylation sites is 2. The Hall–Kier alpha value is -3.88. The monoisotopic (exact) mass is 351 g/mol. The molecule has 0 aliphatic heterocycles. The fourth-order valence-corrected chi connectivity index (χ4v) is 2.35. The summed E-state index contributed by atoms with van der Waals surface area (Å²) in [5.74, 6) is -0.556. The molecule has 0 aliphatic rings. The second-order valence-electron chi connectivity index (χ2n) is 5.30. The van der Waals surface area contributed by atoms with Gasteiger partial charge in [0.05, 0.1) is 33.9 Å². The molecule has 1 heterocycles. The van der Waals surface area contributed by atoms with Gasteiger partial charge in [-0.15, -0.1) is 0 Å². The Kier molecular flexibility index (Phi) is 4.79. The highest BCUT2D eigenvalue weighted by atomic mass is 16.6. The standard InChI is InChI=1S/C17H13N5O4/c23-16(20-19-9-12-5-1-4-8-15(12)22(25)26)10-21-11-18-14-7-3-2-6-13(14)17(21)24/h1-9,11H,10H2,(H,20,23)/b19-9+. The number of hydrogen-bond acceptors (Lipinski definition) is 6. The van der Waals surface area contributed by atoms with Crippen molar-refractivity contribution in [2.45, 2.75) is 6.54 Å². The summed E-state index contributed by atoms with van der Waals surface area (Å²) in [7, 11) is 0. The van der Waals surface area contributed by atoms with Gasteiger partial charge in [0.15, 0.2) is 0 Å². The molecular weight excluding hydrogens is 338 g/mol. The summed E-state index contributed by atoms with van der Waals surface area (Å²) in [6.07, 6.45) is 2.47. The van der Waals surface area contributed by atoms with Crippen LogP contribution in [-0.4, -0.2) is 26.6 Å². The number of nitrogens with one attached hydrogen (secondary N) is 1. The Morgan fingerprint density at radius 1 is 1.23 bits per heavy atom. The van der Waals surface area contributed by atoms with Gasteiger partial charge in [0.1, 0.15) is 6.54 Å². The Morgan fingerprint density at radius 3 is 2.77 bits per heavy atom. The van der Waals surface area contributed by atoms with Crippen LogP contribution in [0.5, 0.6) is 0 Å². The fraction of sp³-hybridized carbons (Fsp3) is 0.0588. The van der Waals surface area contributed by atoms with Gasteiger partial charge in [-0.2, -0.15) is 5.10 Å². The number of carbonyl (C=O) groups excluding carboxylic acids is 1. The zero-order valence-corrected chi connectivity index (χ0v) is 13.4. The first kappa shape index (κ1) is 17.0. The molecule has 0 atom stereocenters. The van der Waals surface area contributed by atoms with Crippen LogP contribution in [0.2, 0.25) is 0 Å². The van der Waals surface area contributed by atoms with E-state index in [1.54, 1.807) is 30.3 Å². The van der Waals surface area contributed by atoms with Crippen LogP contribution in [0, 0.1) is 10.1 Å². The van der Waals surface area contributed by atoms with E-state index in [0.717, 1.165) is 4.57 Å². The SMILES string of the molecule is O=C(Cn1cnc2ccccc2c1=O)N/N=C/c1ccccc1[N+](=O)[O-]. The number of carbonyl (C=O) groups is 1. The molecule has 0 radical (unpaired) electrons. The minimum absolute atomic E-state index is 0.125. The predicted molar refractivity (Wildman–Crippen MR) is 94.8 cm³/mol. The lowest BCUT2D eigenvalue weighted by Gasteiger charge is -2.05. The number of aromatic nitrogens is 2. The molecule has 1 N–H and O–H groups in total. The van der Waals surface area contributed by atoms with Crippen molar-refractivity contribution in [2.24, 2.45) is 5.10 Å². The third-order valence-electron chi connectivity index (χ3n) is 3.57. The van der Waals surface area contributed by atoms with E-state index in [4.69, 9.17) is 0 Å². The second-order valence-corrected chi connectivity index (χ2v) is 5.30. The van der Waals surface area contributed by atoms with Crippen molar-refractivity contribution in [3.8, 4) is 0 Å². The van der Waals surface area contributed by atoms with Crippen LogP contribution in [0.4, 0.5) is 5.69 Å². The quantitative estimate of drug-likeness (QED) is 0.424. The van der Waals surface area contributed by atoms with Gasteiger partial charge in [0.2, 0.25) is 0 Å². The van der Waals surface area contributed by atoms with Crippen molar-refractivity contribution in [1.29, 1.82) is 0 Å². The molecule has 0 bridgehead atoms. The van der Waals surface area contributed by atoms with Gasteiger partial charge in [-0.25, -0.2) is 10.4 Å². The normalized spacial score (nSPS) is 10.9. The molecule has 9 nitrogen and oxygen atoms in total. The predicted octanol–water partition coefficient (Wildman–Crippen LogP) is 1.46. The molecule has 0 aliphatic carbocycles. The first-order valence-electron chi connectivity index (χ1n) is 7.56. The maximum absolute atomic E-state index is 12.3. The summed E-state index contributed by atoms with van der Waals surface area (Å²) in [5, 5.41) is 15.0. The number of hydrazone groups is 1. The van der Waals surface area contributed by atoms with Crippen molar-refractivity contribution >= 4 is 28.7 Å². The smallest absolute Gasteiger partial charge is 0.278 e. The Labute approximate surface area is 146 Å². The molecule has 3 rings (SSSR count). The Bertz CT molecular complexity index is 1070. The summed E-state index contributed by atoms with van der Waals surface area (Å²) >= 11 is 0. The highest BCUT2D eigenvalue weighted by Gasteiger charge is 2.10. The van der Waals surface area contributed by atoms with Crippen LogP contribution in [0.15, 0.2) is 64.8 Å². The van der Waals surface area contributed by atoms with Gasteiger partial charge in [-0.1, -0.05) is 24.3 Å². The van der Waals surface area contributed by atoms with E-state index in [0.29, 0.717) is 10.9 Å². The van der Waals surface area contributed by atoms with Gasteiger partial charge in [0, 0.05) is 6.07 Å². The van der Waals surface area contributed by atoms with Gasteiger partial charge in [0.25, 0.3) is 17.2 Å². The van der Waals surface area contributed by atoms with Crippen molar-refractivity contribution in [3.05, 3.63) is 80.9 Å². The lowest BCUT2D eigenvalue weighted by atomic mass is 10.2. The zero-order chi connectivity index (χ0) is 18.5. The molecule has 0 spiro atoms. The Morgan fingerprint density at radius 2 is 1.96 bits per heavy atom. The van der Waals surface area contributed by atoms with E-state index in [-0.39, 0.29) is 23.4 Å². The number of amides is 1. The first-order chi connectivity index (χ1) is 12.6. The van der Waals surface area contributed by atoms with Gasteiger partial charge in [-0.05, 0) is 18.2 Å². The van der Waals surface area contributed by atoms with E-state index in [9.17, 15) is 19.7 Å². The van der Waals surface area contributed by atoms with Crippen LogP contribution >= 0.6 is 0 Å². The number of hydrogen-bond donors (Lipinski definition) is 1. The van der Waals surface area contributed by atoms with Crippen molar-refractivity contribution in [1.82, 2.24) is 15.0 Å². The Balaban J connectivity index is 1.71. The van der Waals surface area contributed by atoms with E-state index in [1.165, 1.54) is 30.7 Å². The fourth-order valence-electron chi connectivity index (χ4n) is 2.35. The van der Waals surface area contributed by atoms with Crippen molar-refractivity contribution in [2.75, 3.05) is 0 Å². The minimum atomic E-state index is -0.556. The van der Waals surface area contributed by atoms with Gasteiger partial charge < -0.3 is 0 Å². The third-order valence-corrected chi connectivity index (χ3v) is 3.57. The number of fused-ring (bicyclic) bond motifs is 1. The molecule has 2 aromatic carbocycles. The lowest BCUT2D eigenvalue weighted by Crippen LogP contribution is -2.30. The summed E-state index contributed by atoms with van der Waals surface area (Å²) in [4.78, 5) is 38.8. The largest absolute Gasteiger partial charge is 0.289 e. The van der Waals surface area contributed by atoms with Gasteiger partial charge in [-0.3, -0.25) is 24.3 Å². The molecule has 0 saturated carbocycles. The van der Waals surface area contributed by atoms with Crippen LogP contribution in [0.3, 0.4) is 0 Å². The van der Waals surface area contributed by atoms with Crippen molar-refractivity contribution < 1.29 is 9.72 Å². The van der Waals surface area contributed by atoms with Gasteiger partial charge >= 0.3 is 0 Å². The molecule has 0 fully saturated rings. The molecule has 9 heteroatoms. The topological polar surface area (TPSA) is 119 Å². The van der Waals surface area contributed by atoms with E-state index in [2.05, 4.69) is 15.5 Å². The molecule has 130 valence electrons. The lowest BCUT2D eigenvalue weighted by molar-refractivity contribution is -0.385.